The number of hydrogen-bond donors (Lipinski definition) is 1. The summed E-state index contributed by atoms with van der Waals surface area (Å²) in [5, 5.41) is 2.59. The van der Waals surface area contributed by atoms with Crippen LogP contribution in [0.1, 0.15) is 95.2 Å². The molecule has 1 unspecified atom stereocenters. The number of thioether (sulfide) groups is 1. The summed E-state index contributed by atoms with van der Waals surface area (Å²) in [5.74, 6) is -5.24. The lowest BCUT2D eigenvalue weighted by Gasteiger charge is -2.44. The lowest BCUT2D eigenvalue weighted by atomic mass is 9.89. The molecule has 3 aromatic carbocycles. The van der Waals surface area contributed by atoms with Crippen LogP contribution in [0.2, 0.25) is 0 Å². The van der Waals surface area contributed by atoms with Crippen LogP contribution in [0.15, 0.2) is 54.6 Å². The Balaban J connectivity index is 1.26. The number of aryl methyl sites for hydroxylation is 1. The zero-order valence-electron chi connectivity index (χ0n) is 36.7. The number of alkyl carbamates (subject to hydrolysis) is 1. The van der Waals surface area contributed by atoms with Gasteiger partial charge in [0.05, 0.1) is 6.54 Å². The van der Waals surface area contributed by atoms with Crippen molar-refractivity contribution in [3.05, 3.63) is 99.9 Å². The second-order valence-corrected chi connectivity index (χ2v) is 17.5. The summed E-state index contributed by atoms with van der Waals surface area (Å²) in [5.41, 5.74) is 1.90. The van der Waals surface area contributed by atoms with Gasteiger partial charge in [0.15, 0.2) is 29.9 Å². The number of ether oxygens (including phenoxy) is 6. The Morgan fingerprint density at radius 3 is 2.08 bits per heavy atom. The monoisotopic (exact) mass is 900 g/mol. The minimum absolute atomic E-state index is 0.201. The first-order chi connectivity index (χ1) is 29.7. The molecular formula is C46H55F3N2O11S. The van der Waals surface area contributed by atoms with Crippen LogP contribution >= 0.6 is 11.8 Å². The molecule has 342 valence electrons. The molecule has 5 rings (SSSR count). The summed E-state index contributed by atoms with van der Waals surface area (Å²) in [6, 6.07) is 13.6. The van der Waals surface area contributed by atoms with E-state index in [9.17, 15) is 37.1 Å². The number of benzene rings is 3. The highest BCUT2D eigenvalue weighted by Crippen LogP contribution is 2.41. The van der Waals surface area contributed by atoms with Crippen LogP contribution < -0.4 is 10.1 Å². The Labute approximate surface area is 369 Å². The maximum absolute atomic E-state index is 14.6. The molecule has 0 radical (unpaired) electrons. The first-order valence-electron chi connectivity index (χ1n) is 20.7. The van der Waals surface area contributed by atoms with Crippen LogP contribution in [0.3, 0.4) is 0 Å². The summed E-state index contributed by atoms with van der Waals surface area (Å²) in [4.78, 5) is 64.5. The van der Waals surface area contributed by atoms with Crippen LogP contribution in [0.5, 0.6) is 5.75 Å². The number of likely N-dealkylation sites (tertiary alicyclic amines) is 1. The Morgan fingerprint density at radius 2 is 1.46 bits per heavy atom. The van der Waals surface area contributed by atoms with Crippen LogP contribution in [0.25, 0.3) is 0 Å². The van der Waals surface area contributed by atoms with Gasteiger partial charge in [-0.2, -0.15) is 0 Å². The number of nitrogens with zero attached hydrogens (tertiary/aromatic N) is 1. The van der Waals surface area contributed by atoms with Gasteiger partial charge in [-0.25, -0.2) is 18.0 Å². The molecule has 0 spiro atoms. The van der Waals surface area contributed by atoms with Crippen LogP contribution in [-0.2, 0) is 62.1 Å². The third kappa shape index (κ3) is 13.6. The fourth-order valence-corrected chi connectivity index (χ4v) is 8.40. The molecule has 0 saturated carbocycles. The maximum Gasteiger partial charge on any atom is 0.407 e. The van der Waals surface area contributed by atoms with Crippen molar-refractivity contribution < 1.29 is 65.6 Å². The molecule has 2 aliphatic heterocycles. The third-order valence-corrected chi connectivity index (χ3v) is 11.2. The predicted octanol–water partition coefficient (Wildman–Crippen LogP) is 7.32. The van der Waals surface area contributed by atoms with Crippen LogP contribution in [0.4, 0.5) is 18.0 Å². The van der Waals surface area contributed by atoms with E-state index in [1.165, 1.54) is 32.5 Å². The molecule has 2 saturated heterocycles. The van der Waals surface area contributed by atoms with Crippen LogP contribution in [0, 0.1) is 17.5 Å². The van der Waals surface area contributed by atoms with Gasteiger partial charge < -0.3 is 38.6 Å². The van der Waals surface area contributed by atoms with Gasteiger partial charge in [0.2, 0.25) is 5.91 Å². The van der Waals surface area contributed by atoms with E-state index in [4.69, 9.17) is 28.4 Å². The highest BCUT2D eigenvalue weighted by molar-refractivity contribution is 7.99. The van der Waals surface area contributed by atoms with E-state index in [1.807, 2.05) is 49.4 Å². The molecule has 2 heterocycles. The zero-order valence-corrected chi connectivity index (χ0v) is 37.5. The van der Waals surface area contributed by atoms with Crippen molar-refractivity contribution in [1.29, 1.82) is 0 Å². The SMILES string of the molecule is CCc1ccc([C@@H]2O[C@H](SC)[C@@H](OC(C)=O)[C@H](OC(C)=O)[C@H]2OC(C)=O)cc1Cc1ccc(OC2CCN(C(=O)C[C@@H](Cc3cc(F)c(F)cc3F)NC(=O)OC(C)(C)C)C2)cc1. The van der Waals surface area contributed by atoms with Crippen molar-refractivity contribution in [2.24, 2.45) is 0 Å². The Hall–Kier alpha value is -5.29. The molecule has 2 fully saturated rings. The second-order valence-electron chi connectivity index (χ2n) is 16.6. The van der Waals surface area contributed by atoms with Crippen molar-refractivity contribution in [3.8, 4) is 5.75 Å². The summed E-state index contributed by atoms with van der Waals surface area (Å²) >= 11 is 1.27. The molecule has 7 atom stereocenters. The minimum Gasteiger partial charge on any atom is -0.489 e. The number of amides is 2. The highest BCUT2D eigenvalue weighted by Gasteiger charge is 2.52. The van der Waals surface area contributed by atoms with Gasteiger partial charge in [-0.15, -0.1) is 11.8 Å². The lowest BCUT2D eigenvalue weighted by molar-refractivity contribution is -0.233. The third-order valence-electron chi connectivity index (χ3n) is 10.4. The molecule has 2 aliphatic rings. The first kappa shape index (κ1) is 48.7. The van der Waals surface area contributed by atoms with E-state index in [2.05, 4.69) is 5.32 Å². The summed E-state index contributed by atoms with van der Waals surface area (Å²) in [6.07, 6.45) is -2.33. The van der Waals surface area contributed by atoms with Crippen molar-refractivity contribution in [1.82, 2.24) is 10.2 Å². The summed E-state index contributed by atoms with van der Waals surface area (Å²) in [6.45, 7) is 11.3. The number of esters is 3. The normalized spacial score (nSPS) is 21.5. The van der Waals surface area contributed by atoms with Crippen LogP contribution in [-0.4, -0.2) is 95.6 Å². The molecule has 0 aliphatic carbocycles. The number of carbonyl (C=O) groups excluding carboxylic acids is 5. The van der Waals surface area contributed by atoms with Gasteiger partial charge in [0, 0.05) is 52.3 Å². The van der Waals surface area contributed by atoms with E-state index in [1.54, 1.807) is 31.9 Å². The molecule has 13 nitrogen and oxygen atoms in total. The van der Waals surface area contributed by atoms with Gasteiger partial charge in [-0.3, -0.25) is 19.2 Å². The van der Waals surface area contributed by atoms with Gasteiger partial charge in [0.1, 0.15) is 34.8 Å². The molecule has 1 N–H and O–H groups in total. The zero-order chi connectivity index (χ0) is 46.2. The molecule has 3 aromatic rings. The standard InChI is InChI=1S/C46H55F3N2O11S/c1-9-29-12-13-30(40-41(57-25(2)52)42(58-26(3)53)43(59-27(4)54)44(61-40)63-8)19-31(29)18-28-10-14-34(15-11-28)60-35-16-17-51(24-35)39(55)22-33(50-45(56)62-46(5,6)7)20-32-21-37(48)38(49)23-36(32)47/h10-15,19,21,23,33,35,40-44H,9,16-18,20,22,24H2,1-8H3,(H,50,56)/t33-,35?,40+,41+,42-,43+,44-/m1/s1. The van der Waals surface area contributed by atoms with E-state index in [0.717, 1.165) is 23.1 Å². The Morgan fingerprint density at radius 1 is 0.825 bits per heavy atom. The fraction of sp³-hybridized carbons (Fsp3) is 0.500. The predicted molar refractivity (Wildman–Crippen MR) is 226 cm³/mol. The Bertz CT molecular complexity index is 2130. The van der Waals surface area contributed by atoms with Crippen molar-refractivity contribution in [2.45, 2.75) is 128 Å². The van der Waals surface area contributed by atoms with Crippen molar-refractivity contribution >= 4 is 41.7 Å². The lowest BCUT2D eigenvalue weighted by Crippen LogP contribution is -2.57. The molecule has 0 bridgehead atoms. The topological polar surface area (TPSA) is 156 Å². The molecule has 17 heteroatoms. The van der Waals surface area contributed by atoms with E-state index in [-0.39, 0.29) is 37.0 Å². The number of hydrogen-bond acceptors (Lipinski definition) is 12. The van der Waals surface area contributed by atoms with Gasteiger partial charge >= 0.3 is 24.0 Å². The molecular weight excluding hydrogens is 846 g/mol. The molecule has 0 aromatic heterocycles. The summed E-state index contributed by atoms with van der Waals surface area (Å²) in [7, 11) is 0. The van der Waals surface area contributed by atoms with E-state index < -0.39 is 82.9 Å². The molecule has 2 amide bonds. The van der Waals surface area contributed by atoms with Gasteiger partial charge in [0.25, 0.3) is 0 Å². The smallest absolute Gasteiger partial charge is 0.407 e. The minimum atomic E-state index is -1.35. The number of nitrogens with one attached hydrogen (secondary N) is 1. The molecule has 63 heavy (non-hydrogen) atoms. The average molecular weight is 901 g/mol. The van der Waals surface area contributed by atoms with Crippen molar-refractivity contribution in [2.75, 3.05) is 19.3 Å². The van der Waals surface area contributed by atoms with Gasteiger partial charge in [-0.1, -0.05) is 37.3 Å². The van der Waals surface area contributed by atoms with Crippen molar-refractivity contribution in [3.63, 3.8) is 0 Å². The van der Waals surface area contributed by atoms with E-state index >= 15 is 0 Å². The highest BCUT2D eigenvalue weighted by atomic mass is 32.2. The summed E-state index contributed by atoms with van der Waals surface area (Å²) < 4.78 is 77.2. The fourth-order valence-electron chi connectivity index (χ4n) is 7.69. The largest absolute Gasteiger partial charge is 0.489 e. The average Bonchev–Trinajstić information content (AvgIpc) is 3.66. The van der Waals surface area contributed by atoms with E-state index in [0.29, 0.717) is 42.8 Å². The second kappa shape index (κ2) is 21.4. The Kier molecular flexibility index (Phi) is 16.5. The number of carbonyl (C=O) groups is 5. The first-order valence-corrected chi connectivity index (χ1v) is 22.0. The number of halogens is 3. The quantitative estimate of drug-likeness (QED) is 0.0923. The number of rotatable bonds is 15. The maximum atomic E-state index is 14.6. The van der Waals surface area contributed by atoms with Gasteiger partial charge in [-0.05, 0) is 92.3 Å².